The van der Waals surface area contributed by atoms with E-state index in [9.17, 15) is 4.79 Å². The molecule has 6 nitrogen and oxygen atoms in total. The average Bonchev–Trinajstić information content (AvgIpc) is 3.14. The van der Waals surface area contributed by atoms with E-state index in [1.54, 1.807) is 17.1 Å². The highest BCUT2D eigenvalue weighted by Crippen LogP contribution is 2.19. The van der Waals surface area contributed by atoms with Crippen molar-refractivity contribution >= 4 is 6.03 Å². The third-order valence-corrected chi connectivity index (χ3v) is 4.40. The topological polar surface area (TPSA) is 63.1 Å². The molecule has 2 aromatic heterocycles. The Bertz CT molecular complexity index is 640. The second-order valence-corrected chi connectivity index (χ2v) is 5.96. The molecule has 1 saturated heterocycles. The molecule has 23 heavy (non-hydrogen) atoms. The van der Waals surface area contributed by atoms with Crippen LogP contribution in [0.3, 0.4) is 0 Å². The molecular formula is C17H23N5O. The van der Waals surface area contributed by atoms with E-state index in [0.717, 1.165) is 37.3 Å². The summed E-state index contributed by atoms with van der Waals surface area (Å²) in [6.07, 6.45) is 8.76. The number of carbonyl (C=O) groups excluding carboxylic acids is 1. The normalized spacial score (nSPS) is 18.0. The Morgan fingerprint density at radius 1 is 1.39 bits per heavy atom. The third-order valence-electron chi connectivity index (χ3n) is 4.40. The summed E-state index contributed by atoms with van der Waals surface area (Å²) in [4.78, 5) is 18.7. The van der Waals surface area contributed by atoms with Gasteiger partial charge < -0.3 is 10.2 Å². The molecule has 0 unspecified atom stereocenters. The van der Waals surface area contributed by atoms with Crippen molar-refractivity contribution in [2.45, 2.75) is 32.7 Å². The first-order valence-electron chi connectivity index (χ1n) is 8.24. The number of hydrogen-bond acceptors (Lipinski definition) is 3. The maximum Gasteiger partial charge on any atom is 0.317 e. The van der Waals surface area contributed by atoms with E-state index in [4.69, 9.17) is 0 Å². The van der Waals surface area contributed by atoms with Crippen LogP contribution >= 0.6 is 0 Å². The van der Waals surface area contributed by atoms with Gasteiger partial charge >= 0.3 is 6.03 Å². The SMILES string of the molecule is CC[C@@H]1CCCN(C(=O)NCc2cccnc2-n2cccn2)C1. The zero-order valence-electron chi connectivity index (χ0n) is 13.5. The number of likely N-dealkylation sites (tertiary alicyclic amines) is 1. The van der Waals surface area contributed by atoms with Crippen molar-refractivity contribution in [3.63, 3.8) is 0 Å². The van der Waals surface area contributed by atoms with E-state index < -0.39 is 0 Å². The molecule has 2 amide bonds. The van der Waals surface area contributed by atoms with Crippen molar-refractivity contribution in [2.75, 3.05) is 13.1 Å². The Morgan fingerprint density at radius 2 is 2.30 bits per heavy atom. The number of carbonyl (C=O) groups is 1. The summed E-state index contributed by atoms with van der Waals surface area (Å²) in [5.41, 5.74) is 0.952. The molecular weight excluding hydrogens is 290 g/mol. The number of nitrogens with one attached hydrogen (secondary N) is 1. The Balaban J connectivity index is 1.63. The van der Waals surface area contributed by atoms with Gasteiger partial charge in [0.05, 0.1) is 0 Å². The van der Waals surface area contributed by atoms with Crippen molar-refractivity contribution in [1.82, 2.24) is 25.0 Å². The van der Waals surface area contributed by atoms with Gasteiger partial charge in [0.1, 0.15) is 0 Å². The number of aromatic nitrogens is 3. The first kappa shape index (κ1) is 15.5. The fourth-order valence-electron chi connectivity index (χ4n) is 3.03. The second-order valence-electron chi connectivity index (χ2n) is 5.96. The molecule has 1 fully saturated rings. The van der Waals surface area contributed by atoms with Gasteiger partial charge in [0.25, 0.3) is 0 Å². The van der Waals surface area contributed by atoms with E-state index in [-0.39, 0.29) is 6.03 Å². The van der Waals surface area contributed by atoms with Crippen LogP contribution in [0.5, 0.6) is 0 Å². The quantitative estimate of drug-likeness (QED) is 0.943. The number of hydrogen-bond donors (Lipinski definition) is 1. The smallest absolute Gasteiger partial charge is 0.317 e. The minimum absolute atomic E-state index is 0.0124. The fraction of sp³-hybridized carbons (Fsp3) is 0.471. The Hall–Kier alpha value is -2.37. The van der Waals surface area contributed by atoms with Crippen molar-refractivity contribution < 1.29 is 4.79 Å². The number of urea groups is 1. The molecule has 0 aromatic carbocycles. The molecule has 1 atom stereocenters. The minimum atomic E-state index is 0.0124. The summed E-state index contributed by atoms with van der Waals surface area (Å²) in [6.45, 7) is 4.36. The van der Waals surface area contributed by atoms with E-state index in [1.165, 1.54) is 6.42 Å². The molecule has 3 heterocycles. The molecule has 0 spiro atoms. The number of pyridine rings is 1. The van der Waals surface area contributed by atoms with E-state index >= 15 is 0 Å². The van der Waals surface area contributed by atoms with Gasteiger partial charge in [-0.05, 0) is 30.9 Å². The molecule has 1 aliphatic rings. The van der Waals surface area contributed by atoms with Gasteiger partial charge in [0.15, 0.2) is 5.82 Å². The van der Waals surface area contributed by atoms with Gasteiger partial charge in [-0.15, -0.1) is 0 Å². The summed E-state index contributed by atoms with van der Waals surface area (Å²) in [5.74, 6) is 1.38. The lowest BCUT2D eigenvalue weighted by Gasteiger charge is -2.32. The van der Waals surface area contributed by atoms with Crippen LogP contribution in [0.2, 0.25) is 0 Å². The largest absolute Gasteiger partial charge is 0.334 e. The molecule has 3 rings (SSSR count). The van der Waals surface area contributed by atoms with Crippen LogP contribution in [0.1, 0.15) is 31.7 Å². The van der Waals surface area contributed by atoms with Crippen LogP contribution in [0, 0.1) is 5.92 Å². The summed E-state index contributed by atoms with van der Waals surface area (Å²) >= 11 is 0. The molecule has 6 heteroatoms. The van der Waals surface area contributed by atoms with Crippen LogP contribution in [0.25, 0.3) is 5.82 Å². The number of rotatable bonds is 4. The van der Waals surface area contributed by atoms with Gasteiger partial charge in [-0.1, -0.05) is 19.4 Å². The molecule has 0 aliphatic carbocycles. The van der Waals surface area contributed by atoms with Crippen molar-refractivity contribution in [2.24, 2.45) is 5.92 Å². The standard InChI is InChI=1S/C17H23N5O/c1-2-14-6-4-10-21(13-14)17(23)19-12-15-7-3-8-18-16(15)22-11-5-9-20-22/h3,5,7-9,11,14H,2,4,6,10,12-13H2,1H3,(H,19,23)/t14-/m1/s1. The number of nitrogens with zero attached hydrogens (tertiary/aromatic N) is 4. The third kappa shape index (κ3) is 3.70. The summed E-state index contributed by atoms with van der Waals surface area (Å²) < 4.78 is 1.72. The lowest BCUT2D eigenvalue weighted by molar-refractivity contribution is 0.163. The number of amides is 2. The molecule has 1 N–H and O–H groups in total. The van der Waals surface area contributed by atoms with Crippen molar-refractivity contribution in [1.29, 1.82) is 0 Å². The van der Waals surface area contributed by atoms with Gasteiger partial charge in [-0.25, -0.2) is 14.5 Å². The van der Waals surface area contributed by atoms with Crippen molar-refractivity contribution in [3.05, 3.63) is 42.4 Å². The Kier molecular flexibility index (Phi) is 4.90. The molecule has 0 bridgehead atoms. The lowest BCUT2D eigenvalue weighted by Crippen LogP contribution is -2.45. The Labute approximate surface area is 136 Å². The maximum absolute atomic E-state index is 12.4. The average molecular weight is 313 g/mol. The summed E-state index contributed by atoms with van der Waals surface area (Å²) in [5, 5.41) is 7.24. The van der Waals surface area contributed by atoms with Gasteiger partial charge in [-0.3, -0.25) is 0 Å². The minimum Gasteiger partial charge on any atom is -0.334 e. The predicted molar refractivity (Wildman–Crippen MR) is 88.2 cm³/mol. The predicted octanol–water partition coefficient (Wildman–Crippen LogP) is 2.60. The van der Waals surface area contributed by atoms with Crippen LogP contribution in [-0.2, 0) is 6.54 Å². The van der Waals surface area contributed by atoms with Crippen LogP contribution < -0.4 is 5.32 Å². The van der Waals surface area contributed by atoms with Crippen LogP contribution in [0.4, 0.5) is 4.79 Å². The zero-order chi connectivity index (χ0) is 16.1. The molecule has 0 radical (unpaired) electrons. The maximum atomic E-state index is 12.4. The van der Waals surface area contributed by atoms with Gasteiger partial charge in [0.2, 0.25) is 0 Å². The lowest BCUT2D eigenvalue weighted by atomic mass is 9.96. The molecule has 1 aliphatic heterocycles. The van der Waals surface area contributed by atoms with E-state index in [0.29, 0.717) is 12.5 Å². The highest BCUT2D eigenvalue weighted by atomic mass is 16.2. The highest BCUT2D eigenvalue weighted by Gasteiger charge is 2.22. The highest BCUT2D eigenvalue weighted by molar-refractivity contribution is 5.74. The first-order valence-corrected chi connectivity index (χ1v) is 8.24. The summed E-state index contributed by atoms with van der Waals surface area (Å²) in [6, 6.07) is 5.71. The first-order chi connectivity index (χ1) is 11.3. The van der Waals surface area contributed by atoms with E-state index in [1.807, 2.05) is 29.3 Å². The zero-order valence-corrected chi connectivity index (χ0v) is 13.5. The van der Waals surface area contributed by atoms with Crippen molar-refractivity contribution in [3.8, 4) is 5.82 Å². The van der Waals surface area contributed by atoms with Crippen LogP contribution in [0.15, 0.2) is 36.8 Å². The van der Waals surface area contributed by atoms with Gasteiger partial charge in [0, 0.05) is 43.8 Å². The monoisotopic (exact) mass is 313 g/mol. The second kappa shape index (κ2) is 7.26. The molecule has 122 valence electrons. The van der Waals surface area contributed by atoms with Gasteiger partial charge in [-0.2, -0.15) is 5.10 Å². The number of piperidine rings is 1. The molecule has 0 saturated carbocycles. The van der Waals surface area contributed by atoms with E-state index in [2.05, 4.69) is 22.3 Å². The fourth-order valence-corrected chi connectivity index (χ4v) is 3.03. The summed E-state index contributed by atoms with van der Waals surface area (Å²) in [7, 11) is 0. The molecule has 2 aromatic rings. The van der Waals surface area contributed by atoms with Crippen LogP contribution in [-0.4, -0.2) is 38.8 Å². The Morgan fingerprint density at radius 3 is 3.09 bits per heavy atom.